The number of allylic oxidation sites excluding steroid dienone is 1. The van der Waals surface area contributed by atoms with Gasteiger partial charge in [0.2, 0.25) is 0 Å². The van der Waals surface area contributed by atoms with Crippen LogP contribution in [0, 0.1) is 0 Å². The van der Waals surface area contributed by atoms with E-state index in [0.717, 1.165) is 22.5 Å². The van der Waals surface area contributed by atoms with Crippen LogP contribution in [0.15, 0.2) is 52.4 Å². The molecular formula is C23H21Cl2N3OS. The van der Waals surface area contributed by atoms with E-state index >= 15 is 0 Å². The molecule has 1 amide bonds. The maximum atomic E-state index is 12.5. The molecule has 7 heteroatoms. The molecule has 2 aromatic carbocycles. The average molecular weight is 458 g/mol. The number of amidine groups is 1. The highest BCUT2D eigenvalue weighted by Gasteiger charge is 2.30. The standard InChI is InChI=1S/C23H21Cl2N3OS/c1-13-12-23(2,3)28(4)19-11-18(25)14(9-17(13)19)10-20-21(29)27-22(30-20)26-16-7-5-15(24)6-8-16/h5-12H,1-4H3,(H,26,27,29)/b20-10+. The van der Waals surface area contributed by atoms with Gasteiger partial charge in [0.15, 0.2) is 5.17 Å². The van der Waals surface area contributed by atoms with E-state index in [-0.39, 0.29) is 11.4 Å². The second-order valence-corrected chi connectivity index (χ2v) is 9.76. The van der Waals surface area contributed by atoms with Crippen molar-refractivity contribution in [2.75, 3.05) is 11.9 Å². The Bertz CT molecular complexity index is 1130. The van der Waals surface area contributed by atoms with Crippen LogP contribution in [0.3, 0.4) is 0 Å². The number of hydrogen-bond donors (Lipinski definition) is 1. The molecule has 0 aromatic heterocycles. The number of carbonyl (C=O) groups excluding carboxylic acids is 1. The molecule has 0 radical (unpaired) electrons. The van der Waals surface area contributed by atoms with Gasteiger partial charge in [-0.1, -0.05) is 29.3 Å². The number of rotatable bonds is 2. The minimum absolute atomic E-state index is 0.0887. The van der Waals surface area contributed by atoms with E-state index < -0.39 is 0 Å². The number of nitrogens with one attached hydrogen (secondary N) is 1. The summed E-state index contributed by atoms with van der Waals surface area (Å²) in [6.07, 6.45) is 4.06. The highest BCUT2D eigenvalue weighted by Crippen LogP contribution is 2.41. The topological polar surface area (TPSA) is 44.7 Å². The number of anilines is 1. The number of aliphatic imine (C=N–C) groups is 1. The molecule has 4 nitrogen and oxygen atoms in total. The molecule has 154 valence electrons. The lowest BCUT2D eigenvalue weighted by Crippen LogP contribution is -2.42. The van der Waals surface area contributed by atoms with Crippen molar-refractivity contribution in [1.82, 2.24) is 5.32 Å². The van der Waals surface area contributed by atoms with Crippen LogP contribution in [0.1, 0.15) is 31.9 Å². The van der Waals surface area contributed by atoms with Crippen LogP contribution in [-0.2, 0) is 4.79 Å². The number of carbonyl (C=O) groups is 1. The first-order chi connectivity index (χ1) is 14.1. The zero-order valence-electron chi connectivity index (χ0n) is 17.1. The molecule has 0 aliphatic carbocycles. The first-order valence-corrected chi connectivity index (χ1v) is 11.0. The molecule has 2 aliphatic rings. The Labute approximate surface area is 190 Å². The highest BCUT2D eigenvalue weighted by molar-refractivity contribution is 8.18. The summed E-state index contributed by atoms with van der Waals surface area (Å²) in [6.45, 7) is 6.45. The van der Waals surface area contributed by atoms with Crippen LogP contribution in [0.4, 0.5) is 11.4 Å². The third kappa shape index (κ3) is 4.02. The monoisotopic (exact) mass is 457 g/mol. The van der Waals surface area contributed by atoms with Gasteiger partial charge >= 0.3 is 0 Å². The van der Waals surface area contributed by atoms with E-state index in [1.54, 1.807) is 24.3 Å². The normalized spacial score (nSPS) is 20.4. The van der Waals surface area contributed by atoms with Gasteiger partial charge in [-0.2, -0.15) is 0 Å². The number of thioether (sulfide) groups is 1. The van der Waals surface area contributed by atoms with Gasteiger partial charge < -0.3 is 10.2 Å². The van der Waals surface area contributed by atoms with Gasteiger partial charge in [0, 0.05) is 28.3 Å². The number of likely N-dealkylation sites (N-methyl/N-ethyl adjacent to an activating group) is 1. The molecule has 0 bridgehead atoms. The summed E-state index contributed by atoms with van der Waals surface area (Å²) >= 11 is 13.8. The second kappa shape index (κ2) is 7.80. The van der Waals surface area contributed by atoms with Gasteiger partial charge in [-0.05, 0) is 86.1 Å². The zero-order valence-corrected chi connectivity index (χ0v) is 19.4. The summed E-state index contributed by atoms with van der Waals surface area (Å²) in [5.74, 6) is -0.188. The average Bonchev–Trinajstić information content (AvgIpc) is 3.01. The lowest BCUT2D eigenvalue weighted by molar-refractivity contribution is -0.115. The van der Waals surface area contributed by atoms with Crippen LogP contribution in [0.25, 0.3) is 11.6 Å². The Kier molecular flexibility index (Phi) is 5.47. The molecule has 2 heterocycles. The van der Waals surface area contributed by atoms with Crippen LogP contribution < -0.4 is 10.2 Å². The Hall–Kier alpha value is -2.21. The van der Waals surface area contributed by atoms with Gasteiger partial charge in [0.25, 0.3) is 5.91 Å². The van der Waals surface area contributed by atoms with E-state index in [1.807, 2.05) is 18.2 Å². The third-order valence-corrected chi connectivity index (χ3v) is 6.82. The fraction of sp³-hybridized carbons (Fsp3) is 0.217. The van der Waals surface area contributed by atoms with Crippen molar-refractivity contribution in [2.45, 2.75) is 26.3 Å². The summed E-state index contributed by atoms with van der Waals surface area (Å²) in [5.41, 5.74) is 4.84. The summed E-state index contributed by atoms with van der Waals surface area (Å²) in [5, 5.41) is 4.58. The lowest BCUT2D eigenvalue weighted by atomic mass is 9.88. The molecule has 4 rings (SSSR count). The molecule has 2 aromatic rings. The van der Waals surface area contributed by atoms with E-state index in [2.05, 4.69) is 49.1 Å². The van der Waals surface area contributed by atoms with Crippen molar-refractivity contribution in [3.63, 3.8) is 0 Å². The van der Waals surface area contributed by atoms with Crippen molar-refractivity contribution >= 4 is 69.1 Å². The first-order valence-electron chi connectivity index (χ1n) is 9.46. The zero-order chi connectivity index (χ0) is 21.6. The smallest absolute Gasteiger partial charge is 0.264 e. The number of hydrogen-bond acceptors (Lipinski definition) is 4. The highest BCUT2D eigenvalue weighted by atomic mass is 35.5. The van der Waals surface area contributed by atoms with Crippen molar-refractivity contribution in [2.24, 2.45) is 4.99 Å². The summed E-state index contributed by atoms with van der Waals surface area (Å²) < 4.78 is 0. The maximum absolute atomic E-state index is 12.5. The molecule has 30 heavy (non-hydrogen) atoms. The van der Waals surface area contributed by atoms with Gasteiger partial charge in [-0.15, -0.1) is 0 Å². The molecule has 1 fully saturated rings. The number of halogens is 2. The molecule has 0 spiro atoms. The summed E-state index contributed by atoms with van der Waals surface area (Å²) in [4.78, 5) is 19.7. The van der Waals surface area contributed by atoms with Crippen molar-refractivity contribution < 1.29 is 4.79 Å². The van der Waals surface area contributed by atoms with E-state index in [4.69, 9.17) is 23.2 Å². The second-order valence-electron chi connectivity index (χ2n) is 7.89. The maximum Gasteiger partial charge on any atom is 0.264 e. The molecule has 1 N–H and O–H groups in total. The molecular weight excluding hydrogens is 437 g/mol. The van der Waals surface area contributed by atoms with Gasteiger partial charge in [-0.3, -0.25) is 4.79 Å². The van der Waals surface area contributed by atoms with Crippen molar-refractivity contribution in [3.05, 3.63) is 68.6 Å². The van der Waals surface area contributed by atoms with E-state index in [9.17, 15) is 4.79 Å². The van der Waals surface area contributed by atoms with Gasteiger partial charge in [0.05, 0.1) is 16.1 Å². The fourth-order valence-electron chi connectivity index (χ4n) is 3.55. The molecule has 0 unspecified atom stereocenters. The Morgan fingerprint density at radius 2 is 1.87 bits per heavy atom. The largest absolute Gasteiger partial charge is 0.365 e. The minimum atomic E-state index is -0.188. The SMILES string of the molecule is CC1=CC(C)(C)N(C)c2cc(Cl)c(/C=C3/SC(=Nc4ccc(Cl)cc4)NC3=O)cc21. The molecule has 0 atom stereocenters. The van der Waals surface area contributed by atoms with Crippen LogP contribution in [0.2, 0.25) is 10.0 Å². The summed E-state index contributed by atoms with van der Waals surface area (Å²) in [6, 6.07) is 11.2. The number of nitrogens with zero attached hydrogens (tertiary/aromatic N) is 2. The Morgan fingerprint density at radius 1 is 1.17 bits per heavy atom. The fourth-order valence-corrected chi connectivity index (χ4v) is 4.72. The van der Waals surface area contributed by atoms with Crippen LogP contribution >= 0.6 is 35.0 Å². The molecule has 1 saturated heterocycles. The van der Waals surface area contributed by atoms with Gasteiger partial charge in [0.1, 0.15) is 0 Å². The van der Waals surface area contributed by atoms with Crippen molar-refractivity contribution in [3.8, 4) is 0 Å². The van der Waals surface area contributed by atoms with Crippen molar-refractivity contribution in [1.29, 1.82) is 0 Å². The van der Waals surface area contributed by atoms with E-state index in [1.165, 1.54) is 17.3 Å². The van der Waals surface area contributed by atoms with Crippen LogP contribution in [-0.4, -0.2) is 23.7 Å². The Balaban J connectivity index is 1.66. The van der Waals surface area contributed by atoms with Gasteiger partial charge in [-0.25, -0.2) is 4.99 Å². The summed E-state index contributed by atoms with van der Waals surface area (Å²) in [7, 11) is 2.07. The third-order valence-electron chi connectivity index (χ3n) is 5.33. The number of fused-ring (bicyclic) bond motifs is 1. The molecule has 2 aliphatic heterocycles. The number of amides is 1. The number of benzene rings is 2. The van der Waals surface area contributed by atoms with E-state index in [0.29, 0.717) is 20.1 Å². The Morgan fingerprint density at radius 3 is 2.57 bits per heavy atom. The first kappa shape index (κ1) is 21.0. The predicted molar refractivity (Wildman–Crippen MR) is 130 cm³/mol. The predicted octanol–water partition coefficient (Wildman–Crippen LogP) is 6.52. The van der Waals surface area contributed by atoms with Crippen LogP contribution in [0.5, 0.6) is 0 Å². The minimum Gasteiger partial charge on any atom is -0.365 e. The molecule has 0 saturated carbocycles. The lowest BCUT2D eigenvalue weighted by Gasteiger charge is -2.40. The quantitative estimate of drug-likeness (QED) is 0.522.